The predicted molar refractivity (Wildman–Crippen MR) is 56.7 cm³/mol. The van der Waals surface area contributed by atoms with Gasteiger partial charge in [0.2, 0.25) is 0 Å². The molecule has 0 atom stereocenters. The van der Waals surface area contributed by atoms with Crippen LogP contribution in [0.1, 0.15) is 21.8 Å². The molecule has 1 N–H and O–H groups in total. The Morgan fingerprint density at radius 3 is 3.13 bits per heavy atom. The van der Waals surface area contributed by atoms with Gasteiger partial charge in [0.1, 0.15) is 5.76 Å². The van der Waals surface area contributed by atoms with Gasteiger partial charge in [0.15, 0.2) is 12.1 Å². The molecule has 5 heteroatoms. The van der Waals surface area contributed by atoms with E-state index in [-0.39, 0.29) is 5.91 Å². The molecule has 0 aliphatic carbocycles. The summed E-state index contributed by atoms with van der Waals surface area (Å²) in [5.74, 6) is 0.338. The third-order valence-corrected chi connectivity index (χ3v) is 2.73. The second kappa shape index (κ2) is 4.27. The van der Waals surface area contributed by atoms with Crippen LogP contribution >= 0.6 is 11.3 Å². The number of aryl methyl sites for hydroxylation is 1. The Bertz CT molecular complexity index is 448. The molecular weight excluding hydrogens is 212 g/mol. The Labute approximate surface area is 90.9 Å². The lowest BCUT2D eigenvalue weighted by molar-refractivity contribution is 0.0945. The zero-order valence-electron chi connectivity index (χ0n) is 8.19. The summed E-state index contributed by atoms with van der Waals surface area (Å²) in [5, 5.41) is 6.74. The van der Waals surface area contributed by atoms with Crippen molar-refractivity contribution in [2.75, 3.05) is 0 Å². The van der Waals surface area contributed by atoms with E-state index in [1.165, 1.54) is 6.39 Å². The Kier molecular flexibility index (Phi) is 2.82. The van der Waals surface area contributed by atoms with Crippen molar-refractivity contribution in [2.24, 2.45) is 0 Å². The molecule has 0 aliphatic heterocycles. The first-order valence-electron chi connectivity index (χ1n) is 4.46. The van der Waals surface area contributed by atoms with E-state index in [0.717, 1.165) is 5.56 Å². The molecule has 0 fully saturated rings. The van der Waals surface area contributed by atoms with E-state index < -0.39 is 0 Å². The number of hydrogen-bond donors (Lipinski definition) is 1. The number of nitrogens with one attached hydrogen (secondary N) is 1. The summed E-state index contributed by atoms with van der Waals surface area (Å²) >= 11 is 1.61. The quantitative estimate of drug-likeness (QED) is 0.863. The molecular formula is C10H10N2O2S. The van der Waals surface area contributed by atoms with Crippen molar-refractivity contribution in [1.29, 1.82) is 0 Å². The molecule has 0 aliphatic rings. The van der Waals surface area contributed by atoms with Crippen LogP contribution in [-0.2, 0) is 6.54 Å². The lowest BCUT2D eigenvalue weighted by Crippen LogP contribution is -2.23. The first-order valence-corrected chi connectivity index (χ1v) is 5.41. The van der Waals surface area contributed by atoms with E-state index in [0.29, 0.717) is 18.0 Å². The molecule has 2 aromatic rings. The molecule has 2 rings (SSSR count). The Morgan fingerprint density at radius 2 is 2.53 bits per heavy atom. The number of oxazole rings is 1. The molecule has 0 aromatic carbocycles. The molecule has 78 valence electrons. The van der Waals surface area contributed by atoms with Crippen molar-refractivity contribution >= 4 is 17.2 Å². The van der Waals surface area contributed by atoms with Crippen LogP contribution < -0.4 is 5.32 Å². The fourth-order valence-electron chi connectivity index (χ4n) is 1.18. The predicted octanol–water partition coefficient (Wildman–Crippen LogP) is 1.97. The molecule has 0 spiro atoms. The topological polar surface area (TPSA) is 55.1 Å². The molecule has 0 radical (unpaired) electrons. The van der Waals surface area contributed by atoms with Crippen LogP contribution in [0.4, 0.5) is 0 Å². The minimum Gasteiger partial charge on any atom is -0.448 e. The zero-order valence-corrected chi connectivity index (χ0v) is 9.00. The standard InChI is InChI=1S/C10H10N2O2S/c1-7-9(12-6-14-7)10(13)11-4-8-2-3-15-5-8/h2-3,5-6H,4H2,1H3,(H,11,13). The van der Waals surface area contributed by atoms with Gasteiger partial charge in [-0.05, 0) is 29.3 Å². The highest BCUT2D eigenvalue weighted by Gasteiger charge is 2.12. The van der Waals surface area contributed by atoms with E-state index in [1.807, 2.05) is 16.8 Å². The van der Waals surface area contributed by atoms with E-state index in [4.69, 9.17) is 4.42 Å². The van der Waals surface area contributed by atoms with Crippen molar-refractivity contribution in [3.8, 4) is 0 Å². The van der Waals surface area contributed by atoms with E-state index in [2.05, 4.69) is 10.3 Å². The van der Waals surface area contributed by atoms with Gasteiger partial charge >= 0.3 is 0 Å². The number of hydrogen-bond acceptors (Lipinski definition) is 4. The highest BCUT2D eigenvalue weighted by Crippen LogP contribution is 2.07. The summed E-state index contributed by atoms with van der Waals surface area (Å²) in [5.41, 5.74) is 1.44. The van der Waals surface area contributed by atoms with Crippen LogP contribution in [0.15, 0.2) is 27.6 Å². The molecule has 1 amide bonds. The lowest BCUT2D eigenvalue weighted by atomic mass is 10.3. The van der Waals surface area contributed by atoms with Gasteiger partial charge in [-0.2, -0.15) is 11.3 Å². The summed E-state index contributed by atoms with van der Waals surface area (Å²) < 4.78 is 4.95. The maximum Gasteiger partial charge on any atom is 0.273 e. The maximum atomic E-state index is 11.6. The van der Waals surface area contributed by atoms with E-state index in [1.54, 1.807) is 18.3 Å². The Morgan fingerprint density at radius 1 is 1.67 bits per heavy atom. The second-order valence-corrected chi connectivity index (χ2v) is 3.85. The van der Waals surface area contributed by atoms with Gasteiger partial charge in [-0.1, -0.05) is 0 Å². The van der Waals surface area contributed by atoms with Gasteiger partial charge < -0.3 is 9.73 Å². The third kappa shape index (κ3) is 2.24. The molecule has 0 saturated heterocycles. The van der Waals surface area contributed by atoms with Gasteiger partial charge in [-0.15, -0.1) is 0 Å². The Hall–Kier alpha value is -1.62. The first kappa shape index (κ1) is 9.92. The average Bonchev–Trinajstić information content (AvgIpc) is 2.84. The summed E-state index contributed by atoms with van der Waals surface area (Å²) in [6.45, 7) is 2.24. The van der Waals surface area contributed by atoms with Crippen LogP contribution in [0, 0.1) is 6.92 Å². The fourth-order valence-corrected chi connectivity index (χ4v) is 1.85. The number of thiophene rings is 1. The van der Waals surface area contributed by atoms with Crippen molar-refractivity contribution < 1.29 is 9.21 Å². The van der Waals surface area contributed by atoms with Gasteiger partial charge in [-0.25, -0.2) is 4.98 Å². The van der Waals surface area contributed by atoms with Crippen molar-refractivity contribution in [3.63, 3.8) is 0 Å². The second-order valence-electron chi connectivity index (χ2n) is 3.07. The summed E-state index contributed by atoms with van der Waals surface area (Å²) in [6.07, 6.45) is 1.27. The molecule has 2 aromatic heterocycles. The van der Waals surface area contributed by atoms with Crippen LogP contribution in [-0.4, -0.2) is 10.9 Å². The average molecular weight is 222 g/mol. The minimum atomic E-state index is -0.201. The molecule has 0 unspecified atom stereocenters. The summed E-state index contributed by atoms with van der Waals surface area (Å²) in [6, 6.07) is 1.97. The van der Waals surface area contributed by atoms with E-state index in [9.17, 15) is 4.79 Å². The zero-order chi connectivity index (χ0) is 10.7. The molecule has 4 nitrogen and oxygen atoms in total. The number of amides is 1. The SMILES string of the molecule is Cc1ocnc1C(=O)NCc1ccsc1. The van der Waals surface area contributed by atoms with Crippen molar-refractivity contribution in [2.45, 2.75) is 13.5 Å². The van der Waals surface area contributed by atoms with E-state index >= 15 is 0 Å². The van der Waals surface area contributed by atoms with Crippen molar-refractivity contribution in [1.82, 2.24) is 10.3 Å². The number of carbonyl (C=O) groups excluding carboxylic acids is 1. The molecule has 2 heterocycles. The number of carbonyl (C=O) groups is 1. The lowest BCUT2D eigenvalue weighted by Gasteiger charge is -2.00. The van der Waals surface area contributed by atoms with Gasteiger partial charge in [-0.3, -0.25) is 4.79 Å². The molecule has 15 heavy (non-hydrogen) atoms. The first-order chi connectivity index (χ1) is 7.27. The highest BCUT2D eigenvalue weighted by atomic mass is 32.1. The Balaban J connectivity index is 1.96. The summed E-state index contributed by atoms with van der Waals surface area (Å²) in [4.78, 5) is 15.4. The highest BCUT2D eigenvalue weighted by molar-refractivity contribution is 7.07. The van der Waals surface area contributed by atoms with Crippen molar-refractivity contribution in [3.05, 3.63) is 40.2 Å². The number of aromatic nitrogens is 1. The monoisotopic (exact) mass is 222 g/mol. The summed E-state index contributed by atoms with van der Waals surface area (Å²) in [7, 11) is 0. The van der Waals surface area contributed by atoms with Gasteiger partial charge in [0.05, 0.1) is 0 Å². The number of nitrogens with zero attached hydrogens (tertiary/aromatic N) is 1. The maximum absolute atomic E-state index is 11.6. The third-order valence-electron chi connectivity index (χ3n) is 1.99. The normalized spacial score (nSPS) is 10.2. The minimum absolute atomic E-state index is 0.201. The molecule has 0 bridgehead atoms. The van der Waals surface area contributed by atoms with Gasteiger partial charge in [0, 0.05) is 6.54 Å². The largest absolute Gasteiger partial charge is 0.448 e. The van der Waals surface area contributed by atoms with Crippen LogP contribution in [0.5, 0.6) is 0 Å². The van der Waals surface area contributed by atoms with Gasteiger partial charge in [0.25, 0.3) is 5.91 Å². The number of rotatable bonds is 3. The van der Waals surface area contributed by atoms with Crippen LogP contribution in [0.25, 0.3) is 0 Å². The van der Waals surface area contributed by atoms with Crippen LogP contribution in [0.2, 0.25) is 0 Å². The fraction of sp³-hybridized carbons (Fsp3) is 0.200. The smallest absolute Gasteiger partial charge is 0.273 e. The van der Waals surface area contributed by atoms with Crippen LogP contribution in [0.3, 0.4) is 0 Å². The molecule has 0 saturated carbocycles.